The Kier molecular flexibility index (Phi) is 6.13. The predicted molar refractivity (Wildman–Crippen MR) is 87.4 cm³/mol. The second-order valence-electron chi connectivity index (χ2n) is 4.98. The fourth-order valence-electron chi connectivity index (χ4n) is 1.49. The molecule has 0 spiro atoms. The van der Waals surface area contributed by atoms with Gasteiger partial charge in [0.05, 0.1) is 17.2 Å². The van der Waals surface area contributed by atoms with Gasteiger partial charge < -0.3 is 10.6 Å². The topological polar surface area (TPSA) is 49.3 Å². The number of guanidine groups is 1. The number of rotatable bonds is 5. The second-order valence-corrected chi connectivity index (χ2v) is 7.79. The highest BCUT2D eigenvalue weighted by Gasteiger charge is 2.16. The average Bonchev–Trinajstić information content (AvgIpc) is 2.68. The summed E-state index contributed by atoms with van der Waals surface area (Å²) in [5, 5.41) is 7.81. The molecular weight excluding hydrogens is 276 g/mol. The SMILES string of the molecule is CN=C(NCc1sc(C)nc1C)NCC(C)(C)SC. The number of aryl methyl sites for hydroxylation is 2. The van der Waals surface area contributed by atoms with Crippen molar-refractivity contribution in [2.24, 2.45) is 4.99 Å². The van der Waals surface area contributed by atoms with Crippen LogP contribution in [0, 0.1) is 13.8 Å². The Balaban J connectivity index is 2.48. The number of hydrogen-bond acceptors (Lipinski definition) is 4. The molecule has 1 heterocycles. The van der Waals surface area contributed by atoms with E-state index in [0.717, 1.165) is 29.8 Å². The lowest BCUT2D eigenvalue weighted by atomic mass is 10.2. The minimum absolute atomic E-state index is 0.203. The molecule has 0 aliphatic heterocycles. The third-order valence-corrected chi connectivity index (χ3v) is 5.20. The molecule has 1 aromatic rings. The van der Waals surface area contributed by atoms with E-state index >= 15 is 0 Å². The first-order chi connectivity index (χ1) is 8.88. The molecule has 19 heavy (non-hydrogen) atoms. The van der Waals surface area contributed by atoms with Crippen LogP contribution in [0.5, 0.6) is 0 Å². The van der Waals surface area contributed by atoms with Gasteiger partial charge in [0, 0.05) is 23.2 Å². The fraction of sp³-hybridized carbons (Fsp3) is 0.692. The van der Waals surface area contributed by atoms with Crippen molar-refractivity contribution < 1.29 is 0 Å². The largest absolute Gasteiger partial charge is 0.355 e. The Labute approximate surface area is 124 Å². The summed E-state index contributed by atoms with van der Waals surface area (Å²) in [6, 6.07) is 0. The van der Waals surface area contributed by atoms with Crippen molar-refractivity contribution >= 4 is 29.1 Å². The van der Waals surface area contributed by atoms with Gasteiger partial charge in [0.2, 0.25) is 0 Å². The van der Waals surface area contributed by atoms with E-state index in [1.807, 2.05) is 25.6 Å². The Morgan fingerprint density at radius 1 is 1.37 bits per heavy atom. The fourth-order valence-corrected chi connectivity index (χ4v) is 2.58. The highest BCUT2D eigenvalue weighted by Crippen LogP contribution is 2.19. The monoisotopic (exact) mass is 300 g/mol. The molecule has 6 heteroatoms. The van der Waals surface area contributed by atoms with Gasteiger partial charge in [-0.15, -0.1) is 11.3 Å². The maximum Gasteiger partial charge on any atom is 0.191 e. The first kappa shape index (κ1) is 16.3. The molecule has 0 bridgehead atoms. The molecule has 0 atom stereocenters. The Bertz CT molecular complexity index is 438. The molecule has 0 radical (unpaired) electrons. The summed E-state index contributed by atoms with van der Waals surface area (Å²) in [4.78, 5) is 9.94. The second kappa shape index (κ2) is 7.14. The van der Waals surface area contributed by atoms with Crippen LogP contribution in [0.4, 0.5) is 0 Å². The van der Waals surface area contributed by atoms with Crippen LogP contribution in [0.3, 0.4) is 0 Å². The third kappa shape index (κ3) is 5.40. The number of aromatic nitrogens is 1. The Morgan fingerprint density at radius 3 is 2.53 bits per heavy atom. The van der Waals surface area contributed by atoms with Gasteiger partial charge in [0.15, 0.2) is 5.96 Å². The summed E-state index contributed by atoms with van der Waals surface area (Å²) >= 11 is 3.58. The van der Waals surface area contributed by atoms with Crippen LogP contribution in [0.2, 0.25) is 0 Å². The van der Waals surface area contributed by atoms with Gasteiger partial charge in [-0.25, -0.2) is 4.98 Å². The lowest BCUT2D eigenvalue weighted by molar-refractivity contribution is 0.664. The van der Waals surface area contributed by atoms with E-state index in [1.165, 1.54) is 4.88 Å². The van der Waals surface area contributed by atoms with E-state index in [4.69, 9.17) is 0 Å². The molecule has 0 unspecified atom stereocenters. The molecule has 4 nitrogen and oxygen atoms in total. The molecule has 0 fully saturated rings. The van der Waals surface area contributed by atoms with Crippen molar-refractivity contribution in [3.8, 4) is 0 Å². The minimum atomic E-state index is 0.203. The molecule has 0 saturated heterocycles. The van der Waals surface area contributed by atoms with Crippen LogP contribution in [-0.4, -0.2) is 35.5 Å². The molecule has 108 valence electrons. The van der Waals surface area contributed by atoms with Crippen molar-refractivity contribution in [3.05, 3.63) is 15.6 Å². The van der Waals surface area contributed by atoms with Gasteiger partial charge in [0.1, 0.15) is 0 Å². The van der Waals surface area contributed by atoms with Crippen LogP contribution >= 0.6 is 23.1 Å². The quantitative estimate of drug-likeness (QED) is 0.648. The minimum Gasteiger partial charge on any atom is -0.355 e. The van der Waals surface area contributed by atoms with E-state index in [1.54, 1.807) is 18.4 Å². The zero-order chi connectivity index (χ0) is 14.5. The Hall–Kier alpha value is -0.750. The van der Waals surface area contributed by atoms with Gasteiger partial charge in [0.25, 0.3) is 0 Å². The van der Waals surface area contributed by atoms with Crippen molar-refractivity contribution in [1.82, 2.24) is 15.6 Å². The van der Waals surface area contributed by atoms with Crippen molar-refractivity contribution in [2.75, 3.05) is 19.8 Å². The average molecular weight is 300 g/mol. The number of nitrogens with one attached hydrogen (secondary N) is 2. The summed E-state index contributed by atoms with van der Waals surface area (Å²) in [6.45, 7) is 10.2. The molecule has 0 aliphatic rings. The summed E-state index contributed by atoms with van der Waals surface area (Å²) in [5.74, 6) is 0.840. The highest BCUT2D eigenvalue weighted by atomic mass is 32.2. The lowest BCUT2D eigenvalue weighted by Gasteiger charge is -2.23. The molecular formula is C13H24N4S2. The summed E-state index contributed by atoms with van der Waals surface area (Å²) in [5.41, 5.74) is 1.11. The van der Waals surface area contributed by atoms with Gasteiger partial charge in [-0.05, 0) is 34.0 Å². The lowest BCUT2D eigenvalue weighted by Crippen LogP contribution is -2.42. The normalized spacial score (nSPS) is 12.6. The van der Waals surface area contributed by atoms with E-state index in [9.17, 15) is 0 Å². The number of hydrogen-bond donors (Lipinski definition) is 2. The van der Waals surface area contributed by atoms with E-state index in [-0.39, 0.29) is 4.75 Å². The zero-order valence-corrected chi connectivity index (χ0v) is 14.3. The Morgan fingerprint density at radius 2 is 2.05 bits per heavy atom. The van der Waals surface area contributed by atoms with Crippen LogP contribution in [-0.2, 0) is 6.54 Å². The molecule has 2 N–H and O–H groups in total. The van der Waals surface area contributed by atoms with Gasteiger partial charge in [-0.2, -0.15) is 11.8 Å². The summed E-state index contributed by atoms with van der Waals surface area (Å²) in [7, 11) is 1.80. The van der Waals surface area contributed by atoms with Crippen molar-refractivity contribution in [1.29, 1.82) is 0 Å². The van der Waals surface area contributed by atoms with Crippen molar-refractivity contribution in [3.63, 3.8) is 0 Å². The standard InChI is InChI=1S/C13H24N4S2/c1-9-11(19-10(2)17-9)7-15-12(14-5)16-8-13(3,4)18-6/h7-8H2,1-6H3,(H2,14,15,16). The molecule has 1 aromatic heterocycles. The van der Waals surface area contributed by atoms with Gasteiger partial charge in [-0.1, -0.05) is 0 Å². The van der Waals surface area contributed by atoms with Crippen LogP contribution in [0.1, 0.15) is 29.4 Å². The molecule has 0 aromatic carbocycles. The molecule has 0 amide bonds. The maximum atomic E-state index is 4.43. The van der Waals surface area contributed by atoms with Crippen LogP contribution < -0.4 is 10.6 Å². The zero-order valence-electron chi connectivity index (χ0n) is 12.6. The third-order valence-electron chi connectivity index (χ3n) is 2.87. The van der Waals surface area contributed by atoms with Crippen molar-refractivity contribution in [2.45, 2.75) is 39.0 Å². The van der Waals surface area contributed by atoms with Gasteiger partial charge >= 0.3 is 0 Å². The van der Waals surface area contributed by atoms with Crippen LogP contribution in [0.25, 0.3) is 0 Å². The number of thioether (sulfide) groups is 1. The first-order valence-corrected chi connectivity index (χ1v) is 8.34. The summed E-state index contributed by atoms with van der Waals surface area (Å²) < 4.78 is 0.203. The number of nitrogens with zero attached hydrogens (tertiary/aromatic N) is 2. The van der Waals surface area contributed by atoms with E-state index in [2.05, 4.69) is 40.7 Å². The molecule has 0 saturated carbocycles. The van der Waals surface area contributed by atoms with Crippen LogP contribution in [0.15, 0.2) is 4.99 Å². The van der Waals surface area contributed by atoms with Gasteiger partial charge in [-0.3, -0.25) is 4.99 Å². The van der Waals surface area contributed by atoms with E-state index < -0.39 is 0 Å². The first-order valence-electron chi connectivity index (χ1n) is 6.30. The maximum absolute atomic E-state index is 4.43. The smallest absolute Gasteiger partial charge is 0.191 e. The molecule has 1 rings (SSSR count). The molecule has 0 aliphatic carbocycles. The van der Waals surface area contributed by atoms with E-state index in [0.29, 0.717) is 0 Å². The number of thiazole rings is 1. The highest BCUT2D eigenvalue weighted by molar-refractivity contribution is 7.99. The number of aliphatic imine (C=N–C) groups is 1. The summed E-state index contributed by atoms with van der Waals surface area (Å²) in [6.07, 6.45) is 2.13. The predicted octanol–water partition coefficient (Wildman–Crippen LogP) is 2.57.